The topological polar surface area (TPSA) is 69.8 Å². The van der Waals surface area contributed by atoms with Gasteiger partial charge < -0.3 is 10.6 Å². The molecule has 0 bridgehead atoms. The lowest BCUT2D eigenvalue weighted by molar-refractivity contribution is 0.0945. The number of rotatable bonds is 3. The second-order valence-corrected chi connectivity index (χ2v) is 6.92. The highest BCUT2D eigenvalue weighted by molar-refractivity contribution is 5.94. The van der Waals surface area contributed by atoms with Gasteiger partial charge in [-0.1, -0.05) is 24.3 Å². The minimum Gasteiger partial charge on any atom is -0.350 e. The van der Waals surface area contributed by atoms with Gasteiger partial charge in [-0.3, -0.25) is 9.89 Å². The Bertz CT molecular complexity index is 787. The highest BCUT2D eigenvalue weighted by atomic mass is 35.5. The molecule has 3 atom stereocenters. The van der Waals surface area contributed by atoms with Crippen LogP contribution in [0.25, 0.3) is 0 Å². The van der Waals surface area contributed by atoms with Gasteiger partial charge in [0.1, 0.15) is 0 Å². The monoisotopic (exact) mass is 344 g/mol. The Kier molecular flexibility index (Phi) is 3.85. The lowest BCUT2D eigenvalue weighted by Gasteiger charge is -2.13. The summed E-state index contributed by atoms with van der Waals surface area (Å²) >= 11 is 0. The van der Waals surface area contributed by atoms with Gasteiger partial charge in [0, 0.05) is 37.3 Å². The Labute approximate surface area is 147 Å². The van der Waals surface area contributed by atoms with Crippen LogP contribution < -0.4 is 10.6 Å². The molecule has 24 heavy (non-hydrogen) atoms. The zero-order valence-electron chi connectivity index (χ0n) is 13.3. The summed E-state index contributed by atoms with van der Waals surface area (Å²) in [7, 11) is 0. The van der Waals surface area contributed by atoms with Crippen LogP contribution in [0.2, 0.25) is 0 Å². The predicted molar refractivity (Wildman–Crippen MR) is 93.4 cm³/mol. The van der Waals surface area contributed by atoms with E-state index in [4.69, 9.17) is 0 Å². The van der Waals surface area contributed by atoms with Crippen LogP contribution in [0.1, 0.15) is 38.8 Å². The molecule has 1 aliphatic heterocycles. The molecule has 3 unspecified atom stereocenters. The van der Waals surface area contributed by atoms with Crippen molar-refractivity contribution in [1.29, 1.82) is 0 Å². The first kappa shape index (κ1) is 15.7. The van der Waals surface area contributed by atoms with Crippen LogP contribution in [0.5, 0.6) is 0 Å². The van der Waals surface area contributed by atoms with E-state index in [0.717, 1.165) is 43.2 Å². The summed E-state index contributed by atoms with van der Waals surface area (Å²) in [5, 5.41) is 13.6. The minimum atomic E-state index is -0.0375. The summed E-state index contributed by atoms with van der Waals surface area (Å²) in [6.07, 6.45) is 2.09. The smallest absolute Gasteiger partial charge is 0.272 e. The first-order valence-electron chi connectivity index (χ1n) is 8.46. The SMILES string of the molecule is Cl.O=C(NCC1C2Cc3ccccc3C12)c1n[nH]c2c1CNCC2. The second kappa shape index (κ2) is 5.90. The Morgan fingerprint density at radius 3 is 3.12 bits per heavy atom. The molecule has 1 aromatic carbocycles. The third-order valence-corrected chi connectivity index (χ3v) is 5.72. The quantitative estimate of drug-likeness (QED) is 0.795. The van der Waals surface area contributed by atoms with Gasteiger partial charge in [-0.25, -0.2) is 0 Å². The molecule has 5 nitrogen and oxygen atoms in total. The van der Waals surface area contributed by atoms with Gasteiger partial charge in [0.15, 0.2) is 5.69 Å². The van der Waals surface area contributed by atoms with Gasteiger partial charge in [0.05, 0.1) is 0 Å². The fourth-order valence-corrected chi connectivity index (χ4v) is 4.47. The number of carbonyl (C=O) groups excluding carboxylic acids is 1. The molecule has 1 aromatic heterocycles. The summed E-state index contributed by atoms with van der Waals surface area (Å²) in [6, 6.07) is 8.73. The van der Waals surface area contributed by atoms with E-state index in [-0.39, 0.29) is 18.3 Å². The van der Waals surface area contributed by atoms with Crippen molar-refractivity contribution >= 4 is 18.3 Å². The van der Waals surface area contributed by atoms with Crippen LogP contribution in [0, 0.1) is 11.8 Å². The van der Waals surface area contributed by atoms with Gasteiger partial charge in [-0.05, 0) is 35.3 Å². The number of carbonyl (C=O) groups is 1. The number of amides is 1. The van der Waals surface area contributed by atoms with Crippen LogP contribution in [-0.2, 0) is 19.4 Å². The fourth-order valence-electron chi connectivity index (χ4n) is 4.47. The second-order valence-electron chi connectivity index (χ2n) is 6.92. The molecule has 1 amide bonds. The van der Waals surface area contributed by atoms with E-state index in [1.807, 2.05) is 0 Å². The molecule has 0 saturated heterocycles. The van der Waals surface area contributed by atoms with Crippen molar-refractivity contribution in [2.24, 2.45) is 11.8 Å². The zero-order valence-corrected chi connectivity index (χ0v) is 14.2. The Morgan fingerprint density at radius 1 is 1.33 bits per heavy atom. The van der Waals surface area contributed by atoms with Gasteiger partial charge in [0.25, 0.3) is 5.91 Å². The van der Waals surface area contributed by atoms with Crippen molar-refractivity contribution in [2.45, 2.75) is 25.3 Å². The predicted octanol–water partition coefficient (Wildman–Crippen LogP) is 1.79. The third-order valence-electron chi connectivity index (χ3n) is 5.72. The molecule has 3 N–H and O–H groups in total. The number of benzene rings is 1. The molecule has 5 rings (SSSR count). The van der Waals surface area contributed by atoms with Crippen molar-refractivity contribution in [3.8, 4) is 0 Å². The normalized spacial score (nSPS) is 25.9. The van der Waals surface area contributed by atoms with Gasteiger partial charge >= 0.3 is 0 Å². The van der Waals surface area contributed by atoms with Crippen LogP contribution in [0.3, 0.4) is 0 Å². The van der Waals surface area contributed by atoms with Crippen LogP contribution in [-0.4, -0.2) is 29.2 Å². The van der Waals surface area contributed by atoms with E-state index >= 15 is 0 Å². The first-order chi connectivity index (χ1) is 11.3. The highest BCUT2D eigenvalue weighted by Crippen LogP contribution is 2.60. The number of nitrogens with one attached hydrogen (secondary N) is 3. The number of fused-ring (bicyclic) bond motifs is 4. The number of H-pyrrole nitrogens is 1. The summed E-state index contributed by atoms with van der Waals surface area (Å²) in [4.78, 5) is 12.5. The van der Waals surface area contributed by atoms with Gasteiger partial charge in [-0.2, -0.15) is 5.10 Å². The highest BCUT2D eigenvalue weighted by Gasteiger charge is 2.55. The number of hydrogen-bond acceptors (Lipinski definition) is 3. The molecular weight excluding hydrogens is 324 g/mol. The molecule has 6 heteroatoms. The van der Waals surface area contributed by atoms with E-state index in [1.54, 1.807) is 0 Å². The summed E-state index contributed by atoms with van der Waals surface area (Å²) in [5.74, 6) is 1.94. The standard InChI is InChI=1S/C18H20N4O.ClH/c23-18(17-14-8-19-6-5-15(14)21-22-17)20-9-13-12-7-10-3-1-2-4-11(10)16(12)13;/h1-4,12-13,16,19H,5-9H2,(H,20,23)(H,21,22);1H. The molecule has 2 heterocycles. The number of nitrogens with zero attached hydrogens (tertiary/aromatic N) is 1. The zero-order chi connectivity index (χ0) is 15.4. The number of aromatic nitrogens is 2. The number of halogens is 1. The van der Waals surface area contributed by atoms with Crippen molar-refractivity contribution < 1.29 is 4.79 Å². The third kappa shape index (κ3) is 2.34. The lowest BCUT2D eigenvalue weighted by atomic mass is 10.0. The van der Waals surface area contributed by atoms with E-state index < -0.39 is 0 Å². The molecule has 3 aliphatic rings. The molecular formula is C18H21ClN4O. The van der Waals surface area contributed by atoms with Gasteiger partial charge in [0.2, 0.25) is 0 Å². The van der Waals surface area contributed by atoms with Crippen molar-refractivity contribution in [3.63, 3.8) is 0 Å². The molecule has 2 aliphatic carbocycles. The molecule has 126 valence electrons. The van der Waals surface area contributed by atoms with Crippen LogP contribution in [0.4, 0.5) is 0 Å². The first-order valence-corrected chi connectivity index (χ1v) is 8.46. The number of hydrogen-bond donors (Lipinski definition) is 3. The van der Waals surface area contributed by atoms with Crippen LogP contribution >= 0.6 is 12.4 Å². The Balaban J connectivity index is 0.00000146. The largest absolute Gasteiger partial charge is 0.350 e. The summed E-state index contributed by atoms with van der Waals surface area (Å²) in [6.45, 7) is 2.44. The Morgan fingerprint density at radius 2 is 2.21 bits per heavy atom. The maximum Gasteiger partial charge on any atom is 0.272 e. The molecule has 0 radical (unpaired) electrons. The number of aromatic amines is 1. The minimum absolute atomic E-state index is 0. The van der Waals surface area contributed by atoms with Crippen molar-refractivity contribution in [2.75, 3.05) is 13.1 Å². The van der Waals surface area contributed by atoms with E-state index in [1.165, 1.54) is 17.5 Å². The average Bonchev–Trinajstić information content (AvgIpc) is 2.96. The van der Waals surface area contributed by atoms with E-state index in [2.05, 4.69) is 45.1 Å². The van der Waals surface area contributed by atoms with Gasteiger partial charge in [-0.15, -0.1) is 12.4 Å². The fraction of sp³-hybridized carbons (Fsp3) is 0.444. The summed E-state index contributed by atoms with van der Waals surface area (Å²) < 4.78 is 0. The average molecular weight is 345 g/mol. The van der Waals surface area contributed by atoms with Crippen molar-refractivity contribution in [1.82, 2.24) is 20.8 Å². The maximum absolute atomic E-state index is 12.5. The molecule has 2 aromatic rings. The maximum atomic E-state index is 12.5. The Hall–Kier alpha value is -1.85. The lowest BCUT2D eigenvalue weighted by Crippen LogP contribution is -2.30. The van der Waals surface area contributed by atoms with E-state index in [0.29, 0.717) is 17.5 Å². The molecule has 1 fully saturated rings. The molecule has 1 saturated carbocycles. The van der Waals surface area contributed by atoms with E-state index in [9.17, 15) is 4.79 Å². The summed E-state index contributed by atoms with van der Waals surface area (Å²) in [5.41, 5.74) is 5.70. The van der Waals surface area contributed by atoms with Crippen molar-refractivity contribution in [3.05, 3.63) is 52.3 Å². The molecule has 0 spiro atoms. The van der Waals surface area contributed by atoms with Crippen LogP contribution in [0.15, 0.2) is 24.3 Å².